The molecule has 13 heavy (non-hydrogen) atoms. The number of carboxylic acid groups (broad SMARTS) is 1. The minimum atomic E-state index is -0.878. The van der Waals surface area contributed by atoms with Crippen LogP contribution in [0.3, 0.4) is 0 Å². The summed E-state index contributed by atoms with van der Waals surface area (Å²) >= 11 is 6.64. The fourth-order valence-electron chi connectivity index (χ4n) is 1.07. The van der Waals surface area contributed by atoms with E-state index < -0.39 is 5.97 Å². The van der Waals surface area contributed by atoms with E-state index in [2.05, 4.69) is 31.9 Å². The number of carboxylic acids is 1. The maximum atomic E-state index is 10.8. The van der Waals surface area contributed by atoms with Crippen molar-refractivity contribution >= 4 is 37.8 Å². The molecule has 0 atom stereocenters. The molecule has 2 nitrogen and oxygen atoms in total. The number of hydrogen-bond acceptors (Lipinski definition) is 1. The lowest BCUT2D eigenvalue weighted by atomic mass is 10.1. The Bertz CT molecular complexity index is 310. The molecule has 0 aliphatic heterocycles. The second kappa shape index (κ2) is 4.77. The Morgan fingerprint density at radius 3 is 2.54 bits per heavy atom. The van der Waals surface area contributed by atoms with Crippen LogP contribution in [0, 0.1) is 0 Å². The van der Waals surface area contributed by atoms with Crippen molar-refractivity contribution in [3.05, 3.63) is 35.4 Å². The zero-order valence-electron chi connectivity index (χ0n) is 6.71. The highest BCUT2D eigenvalue weighted by Crippen LogP contribution is 2.18. The van der Waals surface area contributed by atoms with Crippen LogP contribution in [0.4, 0.5) is 0 Å². The predicted molar refractivity (Wildman–Crippen MR) is 58.7 cm³/mol. The lowest BCUT2D eigenvalue weighted by Gasteiger charge is -2.05. The first-order valence-corrected chi connectivity index (χ1v) is 5.53. The molecular formula is C9H8Br2O2. The first-order chi connectivity index (χ1) is 6.11. The molecule has 1 rings (SSSR count). The number of hydrogen-bond donors (Lipinski definition) is 1. The number of benzene rings is 1. The summed E-state index contributed by atoms with van der Waals surface area (Å²) in [6.45, 7) is 0. The van der Waals surface area contributed by atoms with Crippen LogP contribution >= 0.6 is 31.9 Å². The van der Waals surface area contributed by atoms with Gasteiger partial charge in [-0.25, -0.2) is 4.79 Å². The van der Waals surface area contributed by atoms with Crippen molar-refractivity contribution in [3.8, 4) is 0 Å². The van der Waals surface area contributed by atoms with Crippen LogP contribution in [0.1, 0.15) is 15.9 Å². The normalized spacial score (nSPS) is 10.4. The second-order valence-electron chi connectivity index (χ2n) is 2.56. The number of rotatable bonds is 3. The molecule has 0 fully saturated rings. The summed E-state index contributed by atoms with van der Waals surface area (Å²) in [5.41, 5.74) is 1.19. The fourth-order valence-corrected chi connectivity index (χ4v) is 1.77. The summed E-state index contributed by atoms with van der Waals surface area (Å²) in [4.78, 5) is 10.8. The summed E-state index contributed by atoms with van der Waals surface area (Å²) in [7, 11) is 0. The van der Waals surface area contributed by atoms with E-state index in [1.165, 1.54) is 0 Å². The van der Waals surface area contributed by atoms with Gasteiger partial charge in [0, 0.05) is 0 Å². The number of aromatic carboxylic acids is 1. The molecule has 0 spiro atoms. The maximum Gasteiger partial charge on any atom is 0.335 e. The molecule has 0 saturated carbocycles. The van der Waals surface area contributed by atoms with Gasteiger partial charge in [0.25, 0.3) is 0 Å². The monoisotopic (exact) mass is 306 g/mol. The molecule has 0 aliphatic carbocycles. The van der Waals surface area contributed by atoms with E-state index in [0.29, 0.717) is 12.0 Å². The van der Waals surface area contributed by atoms with Crippen molar-refractivity contribution in [2.75, 3.05) is 0 Å². The van der Waals surface area contributed by atoms with Gasteiger partial charge in [0.05, 0.1) is 9.30 Å². The summed E-state index contributed by atoms with van der Waals surface area (Å²) in [5.74, 6) is -0.878. The van der Waals surface area contributed by atoms with E-state index in [9.17, 15) is 4.79 Å². The molecule has 0 aliphatic rings. The average molecular weight is 308 g/mol. The zero-order valence-corrected chi connectivity index (χ0v) is 9.88. The van der Waals surface area contributed by atoms with Crippen LogP contribution in [0.2, 0.25) is 0 Å². The molecule has 1 N–H and O–H groups in total. The molecule has 0 unspecified atom stereocenters. The van der Waals surface area contributed by atoms with Crippen molar-refractivity contribution in [2.45, 2.75) is 10.2 Å². The summed E-state index contributed by atoms with van der Waals surface area (Å²) < 4.78 is 0.112. The highest BCUT2D eigenvalue weighted by molar-refractivity contribution is 9.24. The molecule has 70 valence electrons. The third kappa shape index (κ3) is 3.12. The quantitative estimate of drug-likeness (QED) is 0.872. The van der Waals surface area contributed by atoms with Gasteiger partial charge < -0.3 is 5.11 Å². The Kier molecular flexibility index (Phi) is 3.93. The van der Waals surface area contributed by atoms with E-state index in [0.717, 1.165) is 5.56 Å². The van der Waals surface area contributed by atoms with Crippen molar-refractivity contribution < 1.29 is 9.90 Å². The third-order valence-electron chi connectivity index (χ3n) is 1.62. The SMILES string of the molecule is O=C(O)c1ccccc1CC(Br)Br. The third-order valence-corrected chi connectivity index (χ3v) is 2.27. The van der Waals surface area contributed by atoms with Crippen molar-refractivity contribution in [1.82, 2.24) is 0 Å². The van der Waals surface area contributed by atoms with Crippen LogP contribution in [0.5, 0.6) is 0 Å². The van der Waals surface area contributed by atoms with Crippen molar-refractivity contribution in [3.63, 3.8) is 0 Å². The van der Waals surface area contributed by atoms with Crippen LogP contribution < -0.4 is 0 Å². The first-order valence-electron chi connectivity index (χ1n) is 3.70. The minimum Gasteiger partial charge on any atom is -0.478 e. The standard InChI is InChI=1S/C9H8Br2O2/c10-8(11)5-6-3-1-2-4-7(6)9(12)13/h1-4,8H,5H2,(H,12,13). The van der Waals surface area contributed by atoms with Crippen molar-refractivity contribution in [1.29, 1.82) is 0 Å². The van der Waals surface area contributed by atoms with Gasteiger partial charge in [0.1, 0.15) is 0 Å². The van der Waals surface area contributed by atoms with E-state index in [1.54, 1.807) is 12.1 Å². The number of alkyl halides is 2. The Morgan fingerprint density at radius 2 is 2.00 bits per heavy atom. The molecule has 0 bridgehead atoms. The minimum absolute atomic E-state index is 0.112. The topological polar surface area (TPSA) is 37.3 Å². The number of carbonyl (C=O) groups is 1. The van der Waals surface area contributed by atoms with Gasteiger partial charge >= 0.3 is 5.97 Å². The van der Waals surface area contributed by atoms with Gasteiger partial charge in [0.15, 0.2) is 0 Å². The second-order valence-corrected chi connectivity index (χ2v) is 6.00. The Balaban J connectivity index is 2.98. The molecule has 0 amide bonds. The predicted octanol–water partition coefficient (Wildman–Crippen LogP) is 3.04. The Morgan fingerprint density at radius 1 is 1.38 bits per heavy atom. The highest BCUT2D eigenvalue weighted by atomic mass is 79.9. The van der Waals surface area contributed by atoms with Crippen LogP contribution in [-0.4, -0.2) is 14.8 Å². The molecule has 0 heterocycles. The van der Waals surface area contributed by atoms with Crippen LogP contribution in [-0.2, 0) is 6.42 Å². The average Bonchev–Trinajstić information content (AvgIpc) is 2.03. The van der Waals surface area contributed by atoms with E-state index in [4.69, 9.17) is 5.11 Å². The molecule has 4 heteroatoms. The first kappa shape index (κ1) is 10.7. The molecule has 1 aromatic carbocycles. The van der Waals surface area contributed by atoms with E-state index in [-0.39, 0.29) is 3.74 Å². The smallest absolute Gasteiger partial charge is 0.335 e. The summed E-state index contributed by atoms with van der Waals surface area (Å²) in [6.07, 6.45) is 0.655. The van der Waals surface area contributed by atoms with E-state index >= 15 is 0 Å². The van der Waals surface area contributed by atoms with Gasteiger partial charge in [-0.05, 0) is 18.1 Å². The Labute approximate surface area is 93.2 Å². The van der Waals surface area contributed by atoms with E-state index in [1.807, 2.05) is 12.1 Å². The molecule has 0 aromatic heterocycles. The van der Waals surface area contributed by atoms with Gasteiger partial charge in [-0.2, -0.15) is 0 Å². The molecule has 0 radical (unpaired) electrons. The molecular weight excluding hydrogens is 300 g/mol. The lowest BCUT2D eigenvalue weighted by molar-refractivity contribution is 0.0696. The molecule has 0 saturated heterocycles. The van der Waals surface area contributed by atoms with Gasteiger partial charge in [-0.15, -0.1) is 0 Å². The zero-order chi connectivity index (χ0) is 9.84. The van der Waals surface area contributed by atoms with Crippen LogP contribution in [0.25, 0.3) is 0 Å². The number of halogens is 2. The van der Waals surface area contributed by atoms with Gasteiger partial charge in [-0.1, -0.05) is 50.1 Å². The maximum absolute atomic E-state index is 10.8. The Hall–Kier alpha value is -0.350. The van der Waals surface area contributed by atoms with Crippen molar-refractivity contribution in [2.24, 2.45) is 0 Å². The van der Waals surface area contributed by atoms with Gasteiger partial charge in [-0.3, -0.25) is 0 Å². The molecule has 1 aromatic rings. The van der Waals surface area contributed by atoms with Crippen LogP contribution in [0.15, 0.2) is 24.3 Å². The summed E-state index contributed by atoms with van der Waals surface area (Å²) in [6, 6.07) is 6.99. The fraction of sp³-hybridized carbons (Fsp3) is 0.222. The largest absolute Gasteiger partial charge is 0.478 e. The van der Waals surface area contributed by atoms with Gasteiger partial charge in [0.2, 0.25) is 0 Å². The highest BCUT2D eigenvalue weighted by Gasteiger charge is 2.10. The lowest BCUT2D eigenvalue weighted by Crippen LogP contribution is -2.04. The summed E-state index contributed by atoms with van der Waals surface area (Å²) in [5, 5.41) is 8.85.